The van der Waals surface area contributed by atoms with Crippen molar-refractivity contribution in [2.75, 3.05) is 7.05 Å². The molecule has 4 aromatic rings. The Balaban J connectivity index is 1.52. The predicted molar refractivity (Wildman–Crippen MR) is 134 cm³/mol. The molecule has 0 fully saturated rings. The maximum absolute atomic E-state index is 4.82. The number of H-pyrrole nitrogens is 1. The molecule has 6 heteroatoms. The molecule has 0 bridgehead atoms. The molecule has 3 heterocycles. The van der Waals surface area contributed by atoms with Gasteiger partial charge in [-0.25, -0.2) is 9.50 Å². The summed E-state index contributed by atoms with van der Waals surface area (Å²) in [7, 11) is 2.26. The van der Waals surface area contributed by atoms with Crippen molar-refractivity contribution in [1.29, 1.82) is 0 Å². The van der Waals surface area contributed by atoms with Gasteiger partial charge in [-0.2, -0.15) is 10.2 Å². The molecule has 1 N–H and O–H groups in total. The fraction of sp³-hybridized carbons (Fsp3) is 0.444. The summed E-state index contributed by atoms with van der Waals surface area (Å²) in [4.78, 5) is 6.87. The number of aryl methyl sites for hydroxylation is 2. The average Bonchev–Trinajstić information content (AvgIpc) is 3.45. The maximum atomic E-state index is 4.82. The van der Waals surface area contributed by atoms with Gasteiger partial charge in [0.25, 0.3) is 0 Å². The van der Waals surface area contributed by atoms with Crippen molar-refractivity contribution in [2.24, 2.45) is 0 Å². The molecule has 1 aliphatic carbocycles. The van der Waals surface area contributed by atoms with E-state index in [-0.39, 0.29) is 0 Å². The molecule has 0 saturated carbocycles. The standard InChI is InChI=1S/C27H34N6/c1-16(2)24-25(30-31-26(24)22-11-18(5)27-28-15-29-33(27)14-22)21-8-7-20-13-23(32(6)17(3)4)10-9-19(20)12-21/h7-8,11-12,14-17,23H,9-10,13H2,1-6H3,(H,30,31). The maximum Gasteiger partial charge on any atom is 0.158 e. The lowest BCUT2D eigenvalue weighted by molar-refractivity contribution is 0.179. The van der Waals surface area contributed by atoms with Crippen LogP contribution in [0.5, 0.6) is 0 Å². The minimum atomic E-state index is 0.334. The first kappa shape index (κ1) is 21.8. The van der Waals surface area contributed by atoms with Gasteiger partial charge in [-0.05, 0) is 81.8 Å². The lowest BCUT2D eigenvalue weighted by Gasteiger charge is -2.35. The average molecular weight is 443 g/mol. The zero-order valence-electron chi connectivity index (χ0n) is 20.6. The Hall–Kier alpha value is -2.99. The first-order valence-corrected chi connectivity index (χ1v) is 12.1. The lowest BCUT2D eigenvalue weighted by atomic mass is 9.85. The normalized spacial score (nSPS) is 16.3. The Morgan fingerprint density at radius 1 is 1.09 bits per heavy atom. The summed E-state index contributed by atoms with van der Waals surface area (Å²) in [5.74, 6) is 0.334. The minimum absolute atomic E-state index is 0.334. The van der Waals surface area contributed by atoms with E-state index in [0.29, 0.717) is 18.0 Å². The molecule has 0 spiro atoms. The van der Waals surface area contributed by atoms with E-state index in [2.05, 4.69) is 86.0 Å². The van der Waals surface area contributed by atoms with Crippen LogP contribution in [-0.2, 0) is 12.8 Å². The summed E-state index contributed by atoms with van der Waals surface area (Å²) in [5, 5.41) is 12.5. The Morgan fingerprint density at radius 2 is 1.91 bits per heavy atom. The summed E-state index contributed by atoms with van der Waals surface area (Å²) >= 11 is 0. The van der Waals surface area contributed by atoms with Crippen LogP contribution in [0.2, 0.25) is 0 Å². The number of likely N-dealkylation sites (N-methyl/N-ethyl adjacent to an activating group) is 1. The second kappa shape index (κ2) is 8.41. The second-order valence-corrected chi connectivity index (χ2v) is 10.1. The zero-order chi connectivity index (χ0) is 23.3. The number of rotatable bonds is 5. The summed E-state index contributed by atoms with van der Waals surface area (Å²) < 4.78 is 1.85. The van der Waals surface area contributed by atoms with E-state index in [1.165, 1.54) is 28.7 Å². The van der Waals surface area contributed by atoms with Gasteiger partial charge in [-0.15, -0.1) is 0 Å². The molecule has 33 heavy (non-hydrogen) atoms. The fourth-order valence-corrected chi connectivity index (χ4v) is 5.24. The van der Waals surface area contributed by atoms with Gasteiger partial charge in [0.1, 0.15) is 6.33 Å². The Labute approximate surface area is 196 Å². The second-order valence-electron chi connectivity index (χ2n) is 10.1. The highest BCUT2D eigenvalue weighted by molar-refractivity contribution is 5.76. The van der Waals surface area contributed by atoms with Crippen LogP contribution >= 0.6 is 0 Å². The summed E-state index contributed by atoms with van der Waals surface area (Å²) in [6.07, 6.45) is 7.11. The Bertz CT molecular complexity index is 1300. The lowest BCUT2D eigenvalue weighted by Crippen LogP contribution is -2.40. The smallest absolute Gasteiger partial charge is 0.158 e. The van der Waals surface area contributed by atoms with Crippen LogP contribution in [0.15, 0.2) is 36.8 Å². The van der Waals surface area contributed by atoms with Crippen molar-refractivity contribution < 1.29 is 0 Å². The first-order valence-electron chi connectivity index (χ1n) is 12.1. The number of hydrogen-bond acceptors (Lipinski definition) is 4. The van der Waals surface area contributed by atoms with Gasteiger partial charge >= 0.3 is 0 Å². The molecule has 172 valence electrons. The van der Waals surface area contributed by atoms with E-state index in [4.69, 9.17) is 5.10 Å². The monoisotopic (exact) mass is 442 g/mol. The van der Waals surface area contributed by atoms with E-state index in [9.17, 15) is 0 Å². The third-order valence-electron chi connectivity index (χ3n) is 7.30. The number of hydrogen-bond donors (Lipinski definition) is 1. The molecule has 1 aliphatic rings. The largest absolute Gasteiger partial charge is 0.301 e. The molecular formula is C27H34N6. The number of aromatic nitrogens is 5. The van der Waals surface area contributed by atoms with Crippen LogP contribution in [0.4, 0.5) is 0 Å². The fourth-order valence-electron chi connectivity index (χ4n) is 5.24. The van der Waals surface area contributed by atoms with E-state index >= 15 is 0 Å². The number of pyridine rings is 1. The summed E-state index contributed by atoms with van der Waals surface area (Å²) in [6.45, 7) is 11.1. The van der Waals surface area contributed by atoms with E-state index < -0.39 is 0 Å². The molecule has 0 radical (unpaired) electrons. The van der Waals surface area contributed by atoms with Crippen LogP contribution in [0.3, 0.4) is 0 Å². The third-order valence-corrected chi connectivity index (χ3v) is 7.30. The van der Waals surface area contributed by atoms with Gasteiger partial charge in [0.2, 0.25) is 0 Å². The minimum Gasteiger partial charge on any atom is -0.301 e. The molecule has 6 nitrogen and oxygen atoms in total. The van der Waals surface area contributed by atoms with Gasteiger partial charge in [0, 0.05) is 35.0 Å². The van der Waals surface area contributed by atoms with E-state index in [0.717, 1.165) is 41.0 Å². The predicted octanol–water partition coefficient (Wildman–Crippen LogP) is 5.42. The number of benzene rings is 1. The third kappa shape index (κ3) is 3.86. The SMILES string of the molecule is Cc1cc(-c2[nH]nc(-c3ccc4c(c3)CCC(N(C)C(C)C)C4)c2C(C)C)cn2ncnc12. The number of nitrogens with zero attached hydrogens (tertiary/aromatic N) is 5. The van der Waals surface area contributed by atoms with E-state index in [1.54, 1.807) is 6.33 Å². The molecular weight excluding hydrogens is 408 g/mol. The number of nitrogens with one attached hydrogen (secondary N) is 1. The highest BCUT2D eigenvalue weighted by Gasteiger charge is 2.25. The molecule has 3 aromatic heterocycles. The molecule has 5 rings (SSSR count). The van der Waals surface area contributed by atoms with Gasteiger partial charge in [0.05, 0.1) is 11.4 Å². The first-order chi connectivity index (χ1) is 15.8. The quantitative estimate of drug-likeness (QED) is 0.449. The van der Waals surface area contributed by atoms with Crippen molar-refractivity contribution in [3.63, 3.8) is 0 Å². The molecule has 0 aliphatic heterocycles. The van der Waals surface area contributed by atoms with Crippen LogP contribution in [-0.4, -0.2) is 48.8 Å². The van der Waals surface area contributed by atoms with Gasteiger partial charge < -0.3 is 4.90 Å². The molecule has 1 atom stereocenters. The van der Waals surface area contributed by atoms with Crippen molar-refractivity contribution in [3.05, 3.63) is 59.0 Å². The highest BCUT2D eigenvalue weighted by atomic mass is 15.3. The Kier molecular flexibility index (Phi) is 5.57. The van der Waals surface area contributed by atoms with Crippen molar-refractivity contribution in [3.8, 4) is 22.5 Å². The number of fused-ring (bicyclic) bond motifs is 2. The number of aromatic amines is 1. The van der Waals surface area contributed by atoms with Crippen molar-refractivity contribution in [1.82, 2.24) is 29.7 Å². The van der Waals surface area contributed by atoms with Gasteiger partial charge in [-0.3, -0.25) is 5.10 Å². The van der Waals surface area contributed by atoms with Crippen LogP contribution in [0.25, 0.3) is 28.2 Å². The van der Waals surface area contributed by atoms with Crippen LogP contribution < -0.4 is 0 Å². The molecule has 1 unspecified atom stereocenters. The van der Waals surface area contributed by atoms with Gasteiger partial charge in [0.15, 0.2) is 5.65 Å². The molecule has 0 saturated heterocycles. The van der Waals surface area contributed by atoms with Crippen LogP contribution in [0, 0.1) is 6.92 Å². The van der Waals surface area contributed by atoms with E-state index in [1.807, 2.05) is 10.7 Å². The highest BCUT2D eigenvalue weighted by Crippen LogP contribution is 2.37. The Morgan fingerprint density at radius 3 is 2.67 bits per heavy atom. The van der Waals surface area contributed by atoms with Gasteiger partial charge in [-0.1, -0.05) is 26.0 Å². The summed E-state index contributed by atoms with van der Waals surface area (Å²) in [5.41, 5.74) is 10.6. The molecule has 0 amide bonds. The van der Waals surface area contributed by atoms with Crippen molar-refractivity contribution >= 4 is 5.65 Å². The molecule has 1 aromatic carbocycles. The summed E-state index contributed by atoms with van der Waals surface area (Å²) in [6, 6.07) is 10.3. The topological polar surface area (TPSA) is 62.1 Å². The van der Waals surface area contributed by atoms with Crippen LogP contribution in [0.1, 0.15) is 62.3 Å². The van der Waals surface area contributed by atoms with Crippen molar-refractivity contribution in [2.45, 2.75) is 71.9 Å². The zero-order valence-corrected chi connectivity index (χ0v) is 20.6.